The number of hydrogen-bond acceptors (Lipinski definition) is 10. The summed E-state index contributed by atoms with van der Waals surface area (Å²) in [5, 5.41) is 13.0. The second-order valence-corrected chi connectivity index (χ2v) is 8.20. The van der Waals surface area contributed by atoms with E-state index >= 15 is 0 Å². The Morgan fingerprint density at radius 3 is 2.78 bits per heavy atom. The van der Waals surface area contributed by atoms with Crippen molar-refractivity contribution in [1.82, 2.24) is 25.0 Å². The van der Waals surface area contributed by atoms with Crippen molar-refractivity contribution in [2.45, 2.75) is 25.0 Å². The van der Waals surface area contributed by atoms with Gasteiger partial charge in [0, 0.05) is 32.6 Å². The number of fused-ring (bicyclic) bond motifs is 1. The van der Waals surface area contributed by atoms with Crippen LogP contribution >= 0.6 is 0 Å². The number of nitrogens with one attached hydrogen (secondary N) is 3. The number of hydrogen-bond donors (Lipinski definition) is 3. The van der Waals surface area contributed by atoms with Gasteiger partial charge < -0.3 is 29.9 Å². The predicted molar refractivity (Wildman–Crippen MR) is 132 cm³/mol. The Hall–Kier alpha value is -4.45. The molecule has 4 aromatic heterocycles. The summed E-state index contributed by atoms with van der Waals surface area (Å²) in [5.74, 6) is 0.731. The van der Waals surface area contributed by atoms with E-state index in [0.717, 1.165) is 12.8 Å². The highest BCUT2D eigenvalue weighted by Crippen LogP contribution is 2.29. The number of ether oxygens (including phenoxy) is 2. The normalized spacial score (nSPS) is 16.9. The number of aromatic nitrogens is 4. The van der Waals surface area contributed by atoms with E-state index in [1.807, 2.05) is 0 Å². The van der Waals surface area contributed by atoms with Gasteiger partial charge >= 0.3 is 0 Å². The lowest BCUT2D eigenvalue weighted by atomic mass is 9.89. The third kappa shape index (κ3) is 4.11. The molecule has 3 N–H and O–H groups in total. The minimum atomic E-state index is -0.406. The molecule has 12 nitrogen and oxygen atoms in total. The molecule has 0 radical (unpaired) electrons. The molecule has 0 aliphatic heterocycles. The number of carbonyl (C=O) groups excluding carboxylic acids is 1. The summed E-state index contributed by atoms with van der Waals surface area (Å²) in [7, 11) is 4.84. The van der Waals surface area contributed by atoms with Crippen molar-refractivity contribution in [3.8, 4) is 11.6 Å². The second kappa shape index (κ2) is 9.66. The van der Waals surface area contributed by atoms with Crippen LogP contribution in [0.3, 0.4) is 0 Å². The molecule has 0 spiro atoms. The number of carbonyl (C=O) groups is 1. The van der Waals surface area contributed by atoms with E-state index in [4.69, 9.17) is 14.0 Å². The molecule has 4 aromatic rings. The van der Waals surface area contributed by atoms with Gasteiger partial charge in [0.15, 0.2) is 17.3 Å². The van der Waals surface area contributed by atoms with Crippen molar-refractivity contribution >= 4 is 34.2 Å². The van der Waals surface area contributed by atoms with Gasteiger partial charge in [-0.05, 0) is 37.1 Å². The second-order valence-electron chi connectivity index (χ2n) is 8.20. The van der Waals surface area contributed by atoms with Crippen molar-refractivity contribution in [1.29, 1.82) is 0 Å². The highest BCUT2D eigenvalue weighted by molar-refractivity contribution is 6.05. The minimum Gasteiger partial charge on any atom is -0.493 e. The first-order valence-corrected chi connectivity index (χ1v) is 11.3. The highest BCUT2D eigenvalue weighted by atomic mass is 16.5. The molecular weight excluding hydrogens is 466 g/mol. The smallest absolute Gasteiger partial charge is 0.280 e. The first kappa shape index (κ1) is 23.3. The first-order chi connectivity index (χ1) is 17.5. The molecule has 4 heterocycles. The van der Waals surface area contributed by atoms with Gasteiger partial charge in [0.05, 0.1) is 24.9 Å². The number of anilines is 3. The molecule has 1 saturated carbocycles. The summed E-state index contributed by atoms with van der Waals surface area (Å²) in [6, 6.07) is 8.35. The number of methoxy groups -OCH3 is 2. The fraction of sp³-hybridized carbons (Fsp3) is 0.292. The lowest BCUT2D eigenvalue weighted by Crippen LogP contribution is -2.51. The van der Waals surface area contributed by atoms with Crippen LogP contribution in [0.5, 0.6) is 5.75 Å². The van der Waals surface area contributed by atoms with E-state index in [-0.39, 0.29) is 34.6 Å². The molecule has 186 valence electrons. The van der Waals surface area contributed by atoms with Crippen LogP contribution in [0.4, 0.5) is 17.2 Å². The Labute approximate surface area is 205 Å². The third-order valence-electron chi connectivity index (χ3n) is 6.15. The summed E-state index contributed by atoms with van der Waals surface area (Å²) in [6.07, 6.45) is 4.86. The van der Waals surface area contributed by atoms with Gasteiger partial charge in [0.2, 0.25) is 5.58 Å². The summed E-state index contributed by atoms with van der Waals surface area (Å²) in [6.45, 7) is 0. The number of pyridine rings is 3. The van der Waals surface area contributed by atoms with Crippen LogP contribution in [0.1, 0.15) is 23.3 Å². The molecule has 1 aliphatic carbocycles. The van der Waals surface area contributed by atoms with Gasteiger partial charge in [-0.2, -0.15) is 0 Å². The van der Waals surface area contributed by atoms with E-state index < -0.39 is 5.91 Å². The quantitative estimate of drug-likeness (QED) is 0.336. The molecule has 0 unspecified atom stereocenters. The minimum absolute atomic E-state index is 0.0249. The predicted octanol–water partition coefficient (Wildman–Crippen LogP) is 2.47. The molecule has 1 aliphatic rings. The van der Waals surface area contributed by atoms with Gasteiger partial charge in [-0.3, -0.25) is 14.2 Å². The Kier molecular flexibility index (Phi) is 6.25. The summed E-state index contributed by atoms with van der Waals surface area (Å²) in [4.78, 5) is 35.0. The lowest BCUT2D eigenvalue weighted by molar-refractivity contribution is 0.00718. The average Bonchev–Trinajstić information content (AvgIpc) is 3.31. The van der Waals surface area contributed by atoms with Crippen LogP contribution in [0.25, 0.3) is 16.9 Å². The largest absolute Gasteiger partial charge is 0.493 e. The zero-order valence-electron chi connectivity index (χ0n) is 19.9. The van der Waals surface area contributed by atoms with Crippen LogP contribution in [0.15, 0.2) is 52.0 Å². The Morgan fingerprint density at radius 1 is 1.19 bits per heavy atom. The topological polar surface area (TPSA) is 145 Å². The van der Waals surface area contributed by atoms with Crippen molar-refractivity contribution in [3.63, 3.8) is 0 Å². The first-order valence-electron chi connectivity index (χ1n) is 11.3. The molecule has 0 bridgehead atoms. The maximum Gasteiger partial charge on any atom is 0.280 e. The SMILES string of the molecule is CNc1cc(Nc2cccn(-c3ncccc3OC)c2=O)nc2c(C(=O)N[C@@H]3CC[C@H]3OC)noc12. The van der Waals surface area contributed by atoms with Crippen LogP contribution in [0.2, 0.25) is 0 Å². The molecule has 1 fully saturated rings. The van der Waals surface area contributed by atoms with Crippen molar-refractivity contribution in [3.05, 3.63) is 58.8 Å². The maximum atomic E-state index is 13.3. The van der Waals surface area contributed by atoms with Gasteiger partial charge in [-0.1, -0.05) is 5.16 Å². The summed E-state index contributed by atoms with van der Waals surface area (Å²) < 4.78 is 17.5. The van der Waals surface area contributed by atoms with Crippen molar-refractivity contribution in [2.75, 3.05) is 31.9 Å². The monoisotopic (exact) mass is 491 g/mol. The third-order valence-corrected chi connectivity index (χ3v) is 6.15. The van der Waals surface area contributed by atoms with E-state index in [1.165, 1.54) is 11.7 Å². The van der Waals surface area contributed by atoms with E-state index in [1.54, 1.807) is 56.9 Å². The van der Waals surface area contributed by atoms with Gasteiger partial charge in [-0.15, -0.1) is 0 Å². The molecule has 12 heteroatoms. The van der Waals surface area contributed by atoms with Crippen molar-refractivity contribution < 1.29 is 18.8 Å². The molecular formula is C24H25N7O5. The Bertz CT molecular complexity index is 1480. The maximum absolute atomic E-state index is 13.3. The summed E-state index contributed by atoms with van der Waals surface area (Å²) >= 11 is 0. The molecule has 5 rings (SSSR count). The molecule has 36 heavy (non-hydrogen) atoms. The standard InChI is InChI=1S/C24H25N7O5/c1-25-15-12-18(27-14-6-5-11-31(24(14)33)22-17(35-3)7-4-10-26-22)29-19-20(30-36-21(15)19)23(32)28-13-8-9-16(13)34-2/h4-7,10-13,16H,8-9H2,1-3H3,(H,28,32)(H2,25,27,29)/t13-,16-/m1/s1. The number of amides is 1. The molecule has 0 saturated heterocycles. The number of nitrogens with zero attached hydrogens (tertiary/aromatic N) is 4. The molecule has 0 aromatic carbocycles. The van der Waals surface area contributed by atoms with Gasteiger partial charge in [-0.25, -0.2) is 9.97 Å². The van der Waals surface area contributed by atoms with Gasteiger partial charge in [0.25, 0.3) is 11.5 Å². The van der Waals surface area contributed by atoms with Crippen LogP contribution in [-0.2, 0) is 4.74 Å². The zero-order valence-corrected chi connectivity index (χ0v) is 19.9. The van der Waals surface area contributed by atoms with E-state index in [9.17, 15) is 9.59 Å². The van der Waals surface area contributed by atoms with Crippen molar-refractivity contribution in [2.24, 2.45) is 0 Å². The lowest BCUT2D eigenvalue weighted by Gasteiger charge is -2.35. The Balaban J connectivity index is 1.49. The molecule has 1 amide bonds. The van der Waals surface area contributed by atoms with Crippen LogP contribution in [0, 0.1) is 0 Å². The molecule has 2 atom stereocenters. The van der Waals surface area contributed by atoms with E-state index in [0.29, 0.717) is 28.7 Å². The van der Waals surface area contributed by atoms with Crippen LogP contribution in [-0.4, -0.2) is 59.0 Å². The van der Waals surface area contributed by atoms with Gasteiger partial charge in [0.1, 0.15) is 17.0 Å². The number of rotatable bonds is 8. The Morgan fingerprint density at radius 2 is 2.06 bits per heavy atom. The summed E-state index contributed by atoms with van der Waals surface area (Å²) in [5.41, 5.74) is 1.08. The highest BCUT2D eigenvalue weighted by Gasteiger charge is 2.33. The fourth-order valence-corrected chi connectivity index (χ4v) is 4.09. The fourth-order valence-electron chi connectivity index (χ4n) is 4.09. The van der Waals surface area contributed by atoms with Crippen LogP contribution < -0.4 is 26.2 Å². The van der Waals surface area contributed by atoms with E-state index in [2.05, 4.69) is 31.1 Å². The average molecular weight is 492 g/mol. The zero-order chi connectivity index (χ0) is 25.2.